The third-order valence-corrected chi connectivity index (χ3v) is 6.98. The number of aromatic amines is 1. The fourth-order valence-corrected chi connectivity index (χ4v) is 4.89. The van der Waals surface area contributed by atoms with Crippen LogP contribution in [0, 0.1) is 11.2 Å². The number of rotatable bonds is 7. The summed E-state index contributed by atoms with van der Waals surface area (Å²) in [5, 5.41) is 22.5. The summed E-state index contributed by atoms with van der Waals surface area (Å²) in [4.78, 5) is 38.2. The van der Waals surface area contributed by atoms with Crippen molar-refractivity contribution in [3.8, 4) is 17.2 Å². The molecule has 0 bridgehead atoms. The molecule has 1 saturated carbocycles. The van der Waals surface area contributed by atoms with Crippen molar-refractivity contribution in [1.29, 1.82) is 0 Å². The van der Waals surface area contributed by atoms with Crippen LogP contribution in [0.2, 0.25) is 0 Å². The third-order valence-electron chi connectivity index (χ3n) is 6.98. The first-order valence-electron chi connectivity index (χ1n) is 10.5. The average molecular weight is 496 g/mol. The normalized spacial score (nSPS) is 28.2. The zero-order valence-electron chi connectivity index (χ0n) is 19.6. The number of hydrogen-bond acceptors (Lipinski definition) is 10. The van der Waals surface area contributed by atoms with Gasteiger partial charge in [0.1, 0.15) is 23.9 Å². The van der Waals surface area contributed by atoms with Gasteiger partial charge in [-0.1, -0.05) is 13.8 Å². The van der Waals surface area contributed by atoms with Crippen molar-refractivity contribution in [2.75, 3.05) is 27.9 Å². The van der Waals surface area contributed by atoms with Crippen molar-refractivity contribution in [1.82, 2.24) is 9.55 Å². The molecule has 13 heteroatoms. The zero-order chi connectivity index (χ0) is 25.9. The van der Waals surface area contributed by atoms with Crippen molar-refractivity contribution in [3.05, 3.63) is 50.5 Å². The second-order valence-electron chi connectivity index (χ2n) is 8.79. The van der Waals surface area contributed by atoms with Crippen molar-refractivity contribution in [3.63, 3.8) is 0 Å². The first-order chi connectivity index (χ1) is 16.4. The minimum Gasteiger partial charge on any atom is -0.493 e. The maximum atomic E-state index is 13.9. The van der Waals surface area contributed by atoms with Gasteiger partial charge < -0.3 is 33.9 Å². The van der Waals surface area contributed by atoms with E-state index in [9.17, 15) is 29.0 Å². The minimum absolute atomic E-state index is 0.0466. The maximum Gasteiger partial charge on any atom is 0.338 e. The molecule has 2 fully saturated rings. The molecule has 0 unspecified atom stereocenters. The highest BCUT2D eigenvalue weighted by Gasteiger charge is 2.93. The molecule has 1 aliphatic heterocycles. The molecule has 0 amide bonds. The molecule has 0 spiro atoms. The highest BCUT2D eigenvalue weighted by atomic mass is 19.1. The molecule has 3 N–H and O–H groups in total. The first-order valence-corrected chi connectivity index (χ1v) is 10.5. The van der Waals surface area contributed by atoms with Gasteiger partial charge in [0.15, 0.2) is 17.7 Å². The monoisotopic (exact) mass is 496 g/mol. The lowest BCUT2D eigenvalue weighted by atomic mass is 10.0. The van der Waals surface area contributed by atoms with E-state index < -0.39 is 58.6 Å². The lowest BCUT2D eigenvalue weighted by Crippen LogP contribution is -2.41. The summed E-state index contributed by atoms with van der Waals surface area (Å²) in [5.41, 5.74) is -7.47. The van der Waals surface area contributed by atoms with Crippen LogP contribution in [-0.2, 0) is 9.47 Å². The number of esters is 1. The number of nitrogens with zero attached hydrogens (tertiary/aromatic N) is 1. The summed E-state index contributed by atoms with van der Waals surface area (Å²) < 4.78 is 41.2. The van der Waals surface area contributed by atoms with E-state index in [4.69, 9.17) is 23.7 Å². The Kier molecular flexibility index (Phi) is 5.69. The van der Waals surface area contributed by atoms with E-state index in [0.29, 0.717) is 10.8 Å². The molecule has 1 aromatic heterocycles. The summed E-state index contributed by atoms with van der Waals surface area (Å²) in [7, 11) is 4.17. The lowest BCUT2D eigenvalue weighted by Gasteiger charge is -2.27. The van der Waals surface area contributed by atoms with Crippen LogP contribution in [0.25, 0.3) is 0 Å². The molecule has 1 aliphatic carbocycles. The minimum atomic E-state index is -2.04. The number of nitrogens with one attached hydrogen (secondary N) is 1. The van der Waals surface area contributed by atoms with Crippen LogP contribution >= 0.6 is 0 Å². The highest BCUT2D eigenvalue weighted by Crippen LogP contribution is 2.75. The molecule has 2 aromatic rings. The Hall–Kier alpha value is -3.42. The molecule has 1 aromatic carbocycles. The fourth-order valence-electron chi connectivity index (χ4n) is 4.89. The quantitative estimate of drug-likeness (QED) is 0.444. The van der Waals surface area contributed by atoms with Gasteiger partial charge in [-0.25, -0.2) is 9.59 Å². The molecule has 4 atom stereocenters. The molecular weight excluding hydrogens is 471 g/mol. The van der Waals surface area contributed by atoms with Gasteiger partial charge in [-0.3, -0.25) is 14.3 Å². The molecule has 35 heavy (non-hydrogen) atoms. The van der Waals surface area contributed by atoms with Crippen molar-refractivity contribution in [2.45, 2.75) is 37.4 Å². The Morgan fingerprint density at radius 3 is 2.26 bits per heavy atom. The van der Waals surface area contributed by atoms with Crippen LogP contribution in [0.4, 0.5) is 4.39 Å². The SMILES string of the molecule is COc1cc(C(=O)OC[C@H]2O[C@@H](n3cc(F)c(=O)[nH]c3=O)[C@@]3(O)C(C)(C)[C@@]23O)cc(OC)c1OC. The standard InChI is InChI=1S/C22H25FN2O10/c1-20(2)21(29)14(35-18(22(20,21)30)25-8-11(23)16(26)24-19(25)28)9-34-17(27)10-6-12(31-3)15(33-5)13(7-10)32-4/h6-8,14,18,29-30H,9H2,1-5H3,(H,24,26,28)/t14-,18-,21+,22-/m1/s1. The van der Waals surface area contributed by atoms with E-state index in [1.165, 1.54) is 47.3 Å². The van der Waals surface area contributed by atoms with Gasteiger partial charge in [-0.05, 0) is 12.1 Å². The number of methoxy groups -OCH3 is 3. The van der Waals surface area contributed by atoms with Crippen molar-refractivity contribution >= 4 is 5.97 Å². The van der Waals surface area contributed by atoms with Crippen molar-refractivity contribution in [2.24, 2.45) is 5.41 Å². The zero-order valence-corrected chi connectivity index (χ0v) is 19.6. The van der Waals surface area contributed by atoms with Gasteiger partial charge in [0.2, 0.25) is 11.6 Å². The Morgan fingerprint density at radius 1 is 1.11 bits per heavy atom. The summed E-state index contributed by atoms with van der Waals surface area (Å²) in [6.45, 7) is 2.52. The first kappa shape index (κ1) is 24.7. The summed E-state index contributed by atoms with van der Waals surface area (Å²) in [6.07, 6.45) is -2.27. The topological polar surface area (TPSA) is 159 Å². The number of aromatic nitrogens is 2. The van der Waals surface area contributed by atoms with E-state index in [1.54, 1.807) is 4.98 Å². The number of ether oxygens (including phenoxy) is 5. The fraction of sp³-hybridized carbons (Fsp3) is 0.500. The second kappa shape index (κ2) is 8.07. The maximum absolute atomic E-state index is 13.9. The van der Waals surface area contributed by atoms with Gasteiger partial charge >= 0.3 is 11.7 Å². The molecule has 12 nitrogen and oxygen atoms in total. The Balaban J connectivity index is 1.61. The Labute approximate surface area is 197 Å². The van der Waals surface area contributed by atoms with Gasteiger partial charge in [0, 0.05) is 5.41 Å². The van der Waals surface area contributed by atoms with Crippen LogP contribution in [0.3, 0.4) is 0 Å². The number of carbonyl (C=O) groups excluding carboxylic acids is 1. The predicted octanol–water partition coefficient (Wildman–Crippen LogP) is -0.0421. The Bertz CT molecular complexity index is 1280. The summed E-state index contributed by atoms with van der Waals surface area (Å²) in [6, 6.07) is 2.74. The molecular formula is C22H25FN2O10. The second-order valence-corrected chi connectivity index (χ2v) is 8.79. The van der Waals surface area contributed by atoms with Gasteiger partial charge in [0.05, 0.1) is 33.1 Å². The molecule has 190 valence electrons. The van der Waals surface area contributed by atoms with Gasteiger partial charge in [0.25, 0.3) is 5.56 Å². The molecule has 4 rings (SSSR count). The van der Waals surface area contributed by atoms with E-state index >= 15 is 0 Å². The highest BCUT2D eigenvalue weighted by molar-refractivity contribution is 5.91. The number of H-pyrrole nitrogens is 1. The number of aliphatic hydroxyl groups is 2. The van der Waals surface area contributed by atoms with Crippen LogP contribution in [0.1, 0.15) is 30.4 Å². The lowest BCUT2D eigenvalue weighted by molar-refractivity contribution is -0.128. The number of halogens is 1. The van der Waals surface area contributed by atoms with Crippen LogP contribution in [-0.4, -0.2) is 71.0 Å². The molecule has 2 heterocycles. The molecule has 0 radical (unpaired) electrons. The van der Waals surface area contributed by atoms with E-state index in [-0.39, 0.29) is 22.8 Å². The van der Waals surface area contributed by atoms with Crippen LogP contribution < -0.4 is 25.5 Å². The van der Waals surface area contributed by atoms with Crippen LogP contribution in [0.15, 0.2) is 27.9 Å². The number of hydrogen-bond donors (Lipinski definition) is 3. The number of benzene rings is 1. The molecule has 2 aliphatic rings. The average Bonchev–Trinajstić information content (AvgIpc) is 3.04. The summed E-state index contributed by atoms with van der Waals surface area (Å²) >= 11 is 0. The third kappa shape index (κ3) is 3.18. The number of fused-ring (bicyclic) bond motifs is 1. The predicted molar refractivity (Wildman–Crippen MR) is 115 cm³/mol. The number of carbonyl (C=O) groups is 1. The largest absolute Gasteiger partial charge is 0.493 e. The van der Waals surface area contributed by atoms with Gasteiger partial charge in [-0.2, -0.15) is 4.39 Å². The van der Waals surface area contributed by atoms with E-state index in [2.05, 4.69) is 0 Å². The van der Waals surface area contributed by atoms with Gasteiger partial charge in [-0.15, -0.1) is 0 Å². The van der Waals surface area contributed by atoms with Crippen molar-refractivity contribution < 1.29 is 43.1 Å². The summed E-state index contributed by atoms with van der Waals surface area (Å²) in [5.74, 6) is -1.41. The molecule has 1 saturated heterocycles. The Morgan fingerprint density at radius 2 is 1.71 bits per heavy atom. The van der Waals surface area contributed by atoms with E-state index in [0.717, 1.165) is 0 Å². The smallest absolute Gasteiger partial charge is 0.338 e. The van der Waals surface area contributed by atoms with Crippen LogP contribution in [0.5, 0.6) is 17.2 Å². The van der Waals surface area contributed by atoms with E-state index in [1.807, 2.05) is 0 Å².